The van der Waals surface area contributed by atoms with E-state index in [9.17, 15) is 29.7 Å². The zero-order chi connectivity index (χ0) is 43.5. The van der Waals surface area contributed by atoms with Crippen LogP contribution in [0.1, 0.15) is 86.5 Å². The van der Waals surface area contributed by atoms with Gasteiger partial charge in [-0.1, -0.05) is 70.6 Å². The Morgan fingerprint density at radius 1 is 1.00 bits per heavy atom. The molecule has 0 aromatic carbocycles. The number of aliphatic hydroxyl groups excluding tert-OH is 3. The number of allylic oxidation sites excluding steroid dienone is 2. The first-order chi connectivity index (χ1) is 27.5. The van der Waals surface area contributed by atoms with Crippen LogP contribution in [0.2, 0.25) is 0 Å². The zero-order valence-electron chi connectivity index (χ0n) is 36.9. The highest BCUT2D eigenvalue weighted by molar-refractivity contribution is 5.82. The summed E-state index contributed by atoms with van der Waals surface area (Å²) in [5, 5.41) is 33.4. The molecule has 0 aliphatic carbocycles. The van der Waals surface area contributed by atoms with Crippen LogP contribution in [0.3, 0.4) is 0 Å². The summed E-state index contributed by atoms with van der Waals surface area (Å²) < 4.78 is 36.3. The molecule has 0 unspecified atom stereocenters. The third-order valence-corrected chi connectivity index (χ3v) is 12.3. The van der Waals surface area contributed by atoms with Crippen molar-refractivity contribution >= 4 is 18.2 Å². The molecular weight excluding hydrogens is 746 g/mol. The molecule has 2 rings (SSSR count). The number of carbonyl (C=O) groups excluding carboxylic acids is 3. The standard InChI is InChI=1S/C45H75NO12/c1-28-15-18-34(49)23-35-13-12-14-36(57-35)24-40(54-9)37(26-47)41(55-10)25-39(53-8)32(5)45(58-42(51)20-16-28)33(6)43(52)29(2)17-19-38(50)31(4)44(56-11)30(3)21-22-46(7)27-48/h12-13,15-16,20-22,27,29-37,39-41,43-45,47,49,52H,14,17-19,23-26H2,1-11H3/b20-16?,22-21+,28-15?/t29-,30+,31-,32-,33-,34-,35-,36-,37+,39+,40-,41-,43-,44+,45-/m0/s1. The van der Waals surface area contributed by atoms with Crippen LogP contribution in [0, 0.1) is 35.5 Å². The summed E-state index contributed by atoms with van der Waals surface area (Å²) in [6.07, 6.45) is 11.2. The van der Waals surface area contributed by atoms with Gasteiger partial charge in [-0.3, -0.25) is 9.59 Å². The quantitative estimate of drug-likeness (QED) is 0.0997. The topological polar surface area (TPSA) is 171 Å². The van der Waals surface area contributed by atoms with Crippen LogP contribution in [-0.4, -0.2) is 135 Å². The van der Waals surface area contributed by atoms with Gasteiger partial charge in [0.05, 0.1) is 55.4 Å². The molecule has 0 saturated heterocycles. The number of fused-ring (bicyclic) bond motifs is 2. The molecule has 2 heterocycles. The molecular formula is C45H75NO12. The van der Waals surface area contributed by atoms with Gasteiger partial charge < -0.3 is 48.6 Å². The largest absolute Gasteiger partial charge is 0.458 e. The van der Waals surface area contributed by atoms with Gasteiger partial charge in [-0.25, -0.2) is 4.79 Å². The molecule has 3 N–H and O–H groups in total. The molecule has 15 atom stereocenters. The van der Waals surface area contributed by atoms with Crippen molar-refractivity contribution in [1.82, 2.24) is 4.90 Å². The fraction of sp³-hybridized carbons (Fsp3) is 0.756. The van der Waals surface area contributed by atoms with Crippen molar-refractivity contribution in [1.29, 1.82) is 0 Å². The van der Waals surface area contributed by atoms with E-state index in [1.165, 1.54) is 11.0 Å². The van der Waals surface area contributed by atoms with E-state index in [2.05, 4.69) is 6.08 Å². The van der Waals surface area contributed by atoms with E-state index in [1.807, 2.05) is 59.8 Å². The summed E-state index contributed by atoms with van der Waals surface area (Å²) in [4.78, 5) is 39.3. The van der Waals surface area contributed by atoms with Crippen molar-refractivity contribution in [2.45, 2.75) is 141 Å². The summed E-state index contributed by atoms with van der Waals surface area (Å²) in [6.45, 7) is 11.0. The first kappa shape index (κ1) is 51.4. The molecule has 2 aliphatic heterocycles. The van der Waals surface area contributed by atoms with E-state index in [4.69, 9.17) is 28.4 Å². The predicted octanol–water partition coefficient (Wildman–Crippen LogP) is 5.21. The Kier molecular flexibility index (Phi) is 23.4. The molecule has 58 heavy (non-hydrogen) atoms. The van der Waals surface area contributed by atoms with Crippen molar-refractivity contribution in [2.75, 3.05) is 42.1 Å². The number of ketones is 1. The molecule has 0 fully saturated rings. The van der Waals surface area contributed by atoms with Gasteiger partial charge in [-0.05, 0) is 32.1 Å². The molecule has 13 heteroatoms. The number of amides is 1. The number of esters is 1. The van der Waals surface area contributed by atoms with Crippen molar-refractivity contribution < 1.29 is 58.1 Å². The van der Waals surface area contributed by atoms with Gasteiger partial charge in [-0.2, -0.15) is 0 Å². The molecule has 0 radical (unpaired) electrons. The highest BCUT2D eigenvalue weighted by atomic mass is 16.5. The Bertz CT molecular complexity index is 1350. The third-order valence-electron chi connectivity index (χ3n) is 12.3. The number of hydrogen-bond donors (Lipinski definition) is 3. The lowest BCUT2D eigenvalue weighted by atomic mass is 9.78. The number of methoxy groups -OCH3 is 4. The second-order valence-electron chi connectivity index (χ2n) is 16.6. The third kappa shape index (κ3) is 16.0. The highest BCUT2D eigenvalue weighted by Gasteiger charge is 2.41. The minimum absolute atomic E-state index is 0.00449. The van der Waals surface area contributed by atoms with E-state index in [-0.39, 0.29) is 42.9 Å². The van der Waals surface area contributed by atoms with E-state index in [0.717, 1.165) is 5.57 Å². The molecule has 332 valence electrons. The van der Waals surface area contributed by atoms with E-state index < -0.39 is 72.4 Å². The monoisotopic (exact) mass is 822 g/mol. The molecule has 1 amide bonds. The molecule has 0 aromatic heterocycles. The number of carbonyl (C=O) groups is 3. The summed E-state index contributed by atoms with van der Waals surface area (Å²) in [6, 6.07) is 0. The van der Waals surface area contributed by atoms with Crippen LogP contribution >= 0.6 is 0 Å². The van der Waals surface area contributed by atoms with Crippen molar-refractivity contribution in [2.24, 2.45) is 35.5 Å². The van der Waals surface area contributed by atoms with Crippen LogP contribution in [0.5, 0.6) is 0 Å². The lowest BCUT2D eigenvalue weighted by molar-refractivity contribution is -0.159. The summed E-state index contributed by atoms with van der Waals surface area (Å²) >= 11 is 0. The smallest absolute Gasteiger partial charge is 0.331 e. The number of aliphatic hydroxyl groups is 3. The SMILES string of the molecule is CO[C@H]([C@H](C)/C=C/N(C)C=O)[C@@H](C)C(=O)CC[C@H](C)[C@H](O)[C@H](C)[C@H]1OC(=O)C=CC(C)=CC[C@H](O)C[C@@H]2C=CC[C@@H](C[C@H](OC)[C@@H](CO)[C@@H](OC)C[C@@H](OC)[C@@H]1C)O2. The number of Topliss-reactive ketones (excluding diaryl/α,β-unsaturated/α-hetero) is 1. The molecule has 0 spiro atoms. The van der Waals surface area contributed by atoms with Crippen LogP contribution < -0.4 is 0 Å². The predicted molar refractivity (Wildman–Crippen MR) is 222 cm³/mol. The summed E-state index contributed by atoms with van der Waals surface area (Å²) in [5.74, 6) is -2.97. The molecule has 2 aliphatic rings. The maximum atomic E-state index is 13.5. The Morgan fingerprint density at radius 3 is 2.26 bits per heavy atom. The average Bonchev–Trinajstić information content (AvgIpc) is 3.22. The maximum Gasteiger partial charge on any atom is 0.331 e. The van der Waals surface area contributed by atoms with Crippen LogP contribution in [0.4, 0.5) is 0 Å². The Balaban J connectivity index is 2.39. The van der Waals surface area contributed by atoms with E-state index in [0.29, 0.717) is 44.9 Å². The van der Waals surface area contributed by atoms with Crippen LogP contribution in [-0.2, 0) is 42.8 Å². The second kappa shape index (κ2) is 26.5. The molecule has 0 aromatic rings. The molecule has 13 nitrogen and oxygen atoms in total. The fourth-order valence-electron chi connectivity index (χ4n) is 8.38. The van der Waals surface area contributed by atoms with Crippen molar-refractivity contribution in [3.05, 3.63) is 48.2 Å². The Morgan fingerprint density at radius 2 is 1.66 bits per heavy atom. The highest BCUT2D eigenvalue weighted by Crippen LogP contribution is 2.34. The van der Waals surface area contributed by atoms with Gasteiger partial charge in [0.15, 0.2) is 0 Å². The average molecular weight is 822 g/mol. The number of ether oxygens (including phenoxy) is 6. The molecule has 0 saturated carbocycles. The number of cyclic esters (lactones) is 1. The van der Waals surface area contributed by atoms with Crippen molar-refractivity contribution in [3.63, 3.8) is 0 Å². The lowest BCUT2D eigenvalue weighted by Crippen LogP contribution is -2.47. The normalized spacial score (nSPS) is 31.3. The minimum Gasteiger partial charge on any atom is -0.458 e. The summed E-state index contributed by atoms with van der Waals surface area (Å²) in [7, 11) is 7.97. The second-order valence-corrected chi connectivity index (χ2v) is 16.6. The Hall–Kier alpha value is -2.75. The Labute approximate surface area is 347 Å². The van der Waals surface area contributed by atoms with Gasteiger partial charge in [-0.15, -0.1) is 0 Å². The fourth-order valence-corrected chi connectivity index (χ4v) is 8.38. The lowest BCUT2D eigenvalue weighted by Gasteiger charge is -2.39. The number of hydrogen-bond acceptors (Lipinski definition) is 12. The van der Waals surface area contributed by atoms with Crippen molar-refractivity contribution in [3.8, 4) is 0 Å². The van der Waals surface area contributed by atoms with Gasteiger partial charge in [0, 0.05) is 103 Å². The van der Waals surface area contributed by atoms with E-state index in [1.54, 1.807) is 47.8 Å². The number of rotatable bonds is 17. The van der Waals surface area contributed by atoms with E-state index >= 15 is 0 Å². The van der Waals surface area contributed by atoms with Crippen LogP contribution in [0.15, 0.2) is 48.2 Å². The van der Waals surface area contributed by atoms with Gasteiger partial charge in [0.1, 0.15) is 11.9 Å². The summed E-state index contributed by atoms with van der Waals surface area (Å²) in [5.41, 5.74) is 0.777. The van der Waals surface area contributed by atoms with Gasteiger partial charge >= 0.3 is 5.97 Å². The maximum absolute atomic E-state index is 13.5. The van der Waals surface area contributed by atoms with Gasteiger partial charge in [0.2, 0.25) is 6.41 Å². The van der Waals surface area contributed by atoms with Crippen LogP contribution in [0.25, 0.3) is 0 Å². The van der Waals surface area contributed by atoms with Gasteiger partial charge in [0.25, 0.3) is 0 Å². The minimum atomic E-state index is -0.952. The first-order valence-corrected chi connectivity index (χ1v) is 20.9. The molecule has 2 bridgehead atoms. The zero-order valence-corrected chi connectivity index (χ0v) is 36.9. The first-order valence-electron chi connectivity index (χ1n) is 20.9. The number of nitrogens with zero attached hydrogens (tertiary/aromatic N) is 1.